The molecular formula is C15H19NO4S. The molecule has 21 heavy (non-hydrogen) atoms. The van der Waals surface area contributed by atoms with Crippen LogP contribution in [0.5, 0.6) is 0 Å². The summed E-state index contributed by atoms with van der Waals surface area (Å²) in [6, 6.07) is 3.11. The highest BCUT2D eigenvalue weighted by Gasteiger charge is 2.37. The molecule has 5 nitrogen and oxygen atoms in total. The predicted octanol–water partition coefficient (Wildman–Crippen LogP) is 2.62. The molecule has 114 valence electrons. The molecule has 1 aromatic rings. The molecule has 2 aliphatic rings. The quantitative estimate of drug-likeness (QED) is 0.912. The molecular weight excluding hydrogens is 290 g/mol. The fourth-order valence-electron chi connectivity index (χ4n) is 3.24. The zero-order valence-electron chi connectivity index (χ0n) is 11.8. The number of nitrogens with zero attached hydrogens (tertiary/aromatic N) is 1. The molecule has 0 unspecified atom stereocenters. The molecule has 3 rings (SSSR count). The number of hydrogen-bond acceptors (Lipinski definition) is 4. The maximum atomic E-state index is 12.5. The van der Waals surface area contributed by atoms with Crippen molar-refractivity contribution >= 4 is 23.2 Å². The summed E-state index contributed by atoms with van der Waals surface area (Å²) in [5.41, 5.74) is -0.0172. The Balaban J connectivity index is 1.68. The van der Waals surface area contributed by atoms with Crippen LogP contribution in [0.25, 0.3) is 0 Å². The third-order valence-electron chi connectivity index (χ3n) is 4.40. The van der Waals surface area contributed by atoms with E-state index < -0.39 is 5.97 Å². The Morgan fingerprint density at radius 2 is 1.90 bits per heavy atom. The lowest BCUT2D eigenvalue weighted by Crippen LogP contribution is -2.33. The molecule has 2 saturated heterocycles. The van der Waals surface area contributed by atoms with E-state index in [2.05, 4.69) is 0 Å². The minimum Gasteiger partial charge on any atom is -0.477 e. The van der Waals surface area contributed by atoms with E-state index in [1.807, 2.05) is 4.90 Å². The van der Waals surface area contributed by atoms with Crippen LogP contribution in [-0.2, 0) is 4.74 Å². The molecule has 1 N–H and O–H groups in total. The van der Waals surface area contributed by atoms with Gasteiger partial charge in [0.1, 0.15) is 4.88 Å². The Labute approximate surface area is 127 Å². The van der Waals surface area contributed by atoms with E-state index in [4.69, 9.17) is 9.84 Å². The van der Waals surface area contributed by atoms with E-state index >= 15 is 0 Å². The Morgan fingerprint density at radius 3 is 2.57 bits per heavy atom. The van der Waals surface area contributed by atoms with Crippen molar-refractivity contribution in [3.05, 3.63) is 21.9 Å². The summed E-state index contributed by atoms with van der Waals surface area (Å²) >= 11 is 1.05. The van der Waals surface area contributed by atoms with Gasteiger partial charge in [-0.15, -0.1) is 11.3 Å². The molecule has 3 heterocycles. The minimum absolute atomic E-state index is 0.0172. The maximum Gasteiger partial charge on any atom is 0.345 e. The Morgan fingerprint density at radius 1 is 1.14 bits per heavy atom. The van der Waals surface area contributed by atoms with E-state index in [9.17, 15) is 9.59 Å². The van der Waals surface area contributed by atoms with Crippen molar-refractivity contribution in [3.63, 3.8) is 0 Å². The molecule has 1 atom stereocenters. The highest BCUT2D eigenvalue weighted by atomic mass is 32.1. The van der Waals surface area contributed by atoms with E-state index in [1.165, 1.54) is 6.07 Å². The first-order valence-electron chi connectivity index (χ1n) is 7.36. The first kappa shape index (κ1) is 14.5. The van der Waals surface area contributed by atoms with Gasteiger partial charge in [-0.2, -0.15) is 0 Å². The SMILES string of the molecule is O=C(O)c1ccc(C(=O)N2CCC[C@]3(CCCO3)CC2)s1. The molecule has 1 aromatic heterocycles. The van der Waals surface area contributed by atoms with Gasteiger partial charge in [0.2, 0.25) is 0 Å². The predicted molar refractivity (Wildman–Crippen MR) is 78.9 cm³/mol. The van der Waals surface area contributed by atoms with Gasteiger partial charge >= 0.3 is 5.97 Å². The summed E-state index contributed by atoms with van der Waals surface area (Å²) in [4.78, 5) is 26.0. The minimum atomic E-state index is -0.978. The molecule has 1 spiro atoms. The average molecular weight is 309 g/mol. The van der Waals surface area contributed by atoms with Crippen LogP contribution in [0.4, 0.5) is 0 Å². The van der Waals surface area contributed by atoms with Crippen molar-refractivity contribution in [2.45, 2.75) is 37.7 Å². The lowest BCUT2D eigenvalue weighted by Gasteiger charge is -2.26. The molecule has 0 aromatic carbocycles. The lowest BCUT2D eigenvalue weighted by molar-refractivity contribution is -0.00691. The number of carbonyl (C=O) groups excluding carboxylic acids is 1. The third kappa shape index (κ3) is 2.96. The number of thiophene rings is 1. The van der Waals surface area contributed by atoms with Gasteiger partial charge in [-0.05, 0) is 44.2 Å². The third-order valence-corrected chi connectivity index (χ3v) is 5.46. The van der Waals surface area contributed by atoms with Crippen LogP contribution in [0.15, 0.2) is 12.1 Å². The second kappa shape index (κ2) is 5.77. The van der Waals surface area contributed by atoms with Crippen molar-refractivity contribution in [2.75, 3.05) is 19.7 Å². The van der Waals surface area contributed by atoms with Crippen molar-refractivity contribution in [2.24, 2.45) is 0 Å². The van der Waals surface area contributed by atoms with Gasteiger partial charge in [0.15, 0.2) is 0 Å². The Hall–Kier alpha value is -1.40. The highest BCUT2D eigenvalue weighted by Crippen LogP contribution is 2.36. The van der Waals surface area contributed by atoms with Crippen molar-refractivity contribution in [1.29, 1.82) is 0 Å². The van der Waals surface area contributed by atoms with Gasteiger partial charge in [-0.25, -0.2) is 4.79 Å². The molecule has 1 amide bonds. The van der Waals surface area contributed by atoms with Crippen LogP contribution >= 0.6 is 11.3 Å². The van der Waals surface area contributed by atoms with Crippen molar-refractivity contribution < 1.29 is 19.4 Å². The molecule has 6 heteroatoms. The molecule has 2 fully saturated rings. The molecule has 0 aliphatic carbocycles. The van der Waals surface area contributed by atoms with E-state index in [0.717, 1.165) is 56.6 Å². The molecule has 0 saturated carbocycles. The summed E-state index contributed by atoms with van der Waals surface area (Å²) in [7, 11) is 0. The van der Waals surface area contributed by atoms with Gasteiger partial charge in [0, 0.05) is 19.7 Å². The molecule has 0 bridgehead atoms. The molecule has 0 radical (unpaired) electrons. The van der Waals surface area contributed by atoms with Crippen molar-refractivity contribution in [3.8, 4) is 0 Å². The van der Waals surface area contributed by atoms with Crippen molar-refractivity contribution in [1.82, 2.24) is 4.90 Å². The van der Waals surface area contributed by atoms with Gasteiger partial charge in [-0.1, -0.05) is 0 Å². The lowest BCUT2D eigenvalue weighted by atomic mass is 9.92. The highest BCUT2D eigenvalue weighted by molar-refractivity contribution is 7.15. The van der Waals surface area contributed by atoms with Crippen LogP contribution in [0.1, 0.15) is 51.4 Å². The van der Waals surface area contributed by atoms with Crippen LogP contribution in [0.2, 0.25) is 0 Å². The standard InChI is InChI=1S/C15H19NO4S/c17-13(11-3-4-12(21-11)14(18)19)16-8-1-5-15(7-9-16)6-2-10-20-15/h3-4H,1-2,5-10H2,(H,18,19)/t15-/m0/s1. The fourth-order valence-corrected chi connectivity index (χ4v) is 4.06. The van der Waals surface area contributed by atoms with Gasteiger partial charge in [0.05, 0.1) is 10.5 Å². The Kier molecular flexibility index (Phi) is 3.99. The van der Waals surface area contributed by atoms with Crippen LogP contribution < -0.4 is 0 Å². The van der Waals surface area contributed by atoms with Gasteiger partial charge in [-0.3, -0.25) is 4.79 Å². The smallest absolute Gasteiger partial charge is 0.345 e. The van der Waals surface area contributed by atoms with Crippen LogP contribution in [0.3, 0.4) is 0 Å². The average Bonchev–Trinajstić information content (AvgIpc) is 3.06. The number of aromatic carboxylic acids is 1. The zero-order valence-corrected chi connectivity index (χ0v) is 12.7. The van der Waals surface area contributed by atoms with E-state index in [1.54, 1.807) is 6.07 Å². The number of carbonyl (C=O) groups is 2. The topological polar surface area (TPSA) is 66.8 Å². The van der Waals surface area contributed by atoms with Crippen LogP contribution in [-0.4, -0.2) is 47.2 Å². The van der Waals surface area contributed by atoms with Crippen LogP contribution in [0, 0.1) is 0 Å². The first-order chi connectivity index (χ1) is 10.1. The Bertz CT molecular complexity index is 548. The number of ether oxygens (including phenoxy) is 1. The summed E-state index contributed by atoms with van der Waals surface area (Å²) in [6.07, 6.45) is 5.05. The number of amides is 1. The zero-order chi connectivity index (χ0) is 14.9. The van der Waals surface area contributed by atoms with Gasteiger partial charge < -0.3 is 14.7 Å². The first-order valence-corrected chi connectivity index (χ1v) is 8.18. The normalized spacial score (nSPS) is 26.0. The summed E-state index contributed by atoms with van der Waals surface area (Å²) in [5.74, 6) is -1.03. The number of likely N-dealkylation sites (tertiary alicyclic amines) is 1. The maximum absolute atomic E-state index is 12.5. The van der Waals surface area contributed by atoms with E-state index in [-0.39, 0.29) is 16.4 Å². The summed E-state index contributed by atoms with van der Waals surface area (Å²) in [6.45, 7) is 2.25. The largest absolute Gasteiger partial charge is 0.477 e. The number of hydrogen-bond donors (Lipinski definition) is 1. The van der Waals surface area contributed by atoms with Gasteiger partial charge in [0.25, 0.3) is 5.91 Å². The summed E-state index contributed by atoms with van der Waals surface area (Å²) < 4.78 is 5.92. The summed E-state index contributed by atoms with van der Waals surface area (Å²) in [5, 5.41) is 8.94. The molecule has 2 aliphatic heterocycles. The number of rotatable bonds is 2. The van der Waals surface area contributed by atoms with E-state index in [0.29, 0.717) is 11.4 Å². The second-order valence-electron chi connectivity index (χ2n) is 5.75. The fraction of sp³-hybridized carbons (Fsp3) is 0.600. The number of carboxylic acids is 1. The monoisotopic (exact) mass is 309 g/mol. The second-order valence-corrected chi connectivity index (χ2v) is 6.83. The number of carboxylic acid groups (broad SMARTS) is 1.